The number of hydrogen-bond donors (Lipinski definition) is 2. The highest BCUT2D eigenvalue weighted by Gasteiger charge is 2.42. The summed E-state index contributed by atoms with van der Waals surface area (Å²) in [6.45, 7) is 11.8. The molecule has 2 N–H and O–H groups in total. The number of nitrogens with one attached hydrogen (secondary N) is 1. The maximum absolute atomic E-state index is 9.98. The van der Waals surface area contributed by atoms with E-state index in [9.17, 15) is 5.11 Å². The zero-order valence-electron chi connectivity index (χ0n) is 13.0. The van der Waals surface area contributed by atoms with Crippen LogP contribution in [0.1, 0.15) is 52.9 Å². The Kier molecular flexibility index (Phi) is 4.91. The molecular formula is C16H32N2O. The van der Waals surface area contributed by atoms with Crippen LogP contribution in [0, 0.1) is 11.3 Å². The van der Waals surface area contributed by atoms with Crippen molar-refractivity contribution in [2.24, 2.45) is 11.3 Å². The molecule has 2 aliphatic rings. The van der Waals surface area contributed by atoms with E-state index < -0.39 is 0 Å². The third-order valence-electron chi connectivity index (χ3n) is 6.01. The molecule has 1 aliphatic heterocycles. The first-order chi connectivity index (χ1) is 9.04. The molecule has 0 atom stereocenters. The average molecular weight is 268 g/mol. The minimum atomic E-state index is 0.0857. The molecule has 0 aromatic heterocycles. The number of aliphatic hydroxyl groups is 1. The molecule has 2 rings (SSSR count). The fourth-order valence-electron chi connectivity index (χ4n) is 3.94. The lowest BCUT2D eigenvalue weighted by Crippen LogP contribution is -2.59. The number of rotatable bonds is 4. The van der Waals surface area contributed by atoms with E-state index in [1.807, 2.05) is 0 Å². The van der Waals surface area contributed by atoms with Crippen LogP contribution in [0.15, 0.2) is 0 Å². The molecule has 0 bridgehead atoms. The highest BCUT2D eigenvalue weighted by atomic mass is 16.3. The van der Waals surface area contributed by atoms with Gasteiger partial charge in [-0.2, -0.15) is 0 Å². The van der Waals surface area contributed by atoms with E-state index in [-0.39, 0.29) is 5.54 Å². The fourth-order valence-corrected chi connectivity index (χ4v) is 3.94. The first kappa shape index (κ1) is 15.3. The van der Waals surface area contributed by atoms with Gasteiger partial charge in [-0.3, -0.25) is 4.90 Å². The quantitative estimate of drug-likeness (QED) is 0.821. The lowest BCUT2D eigenvalue weighted by Gasteiger charge is -2.50. The van der Waals surface area contributed by atoms with Gasteiger partial charge in [0, 0.05) is 31.7 Å². The predicted molar refractivity (Wildman–Crippen MR) is 80.3 cm³/mol. The molecule has 1 heterocycles. The zero-order valence-corrected chi connectivity index (χ0v) is 13.0. The minimum absolute atomic E-state index is 0.0857. The van der Waals surface area contributed by atoms with Gasteiger partial charge >= 0.3 is 0 Å². The molecule has 3 nitrogen and oxygen atoms in total. The number of nitrogens with zero attached hydrogens (tertiary/aromatic N) is 1. The largest absolute Gasteiger partial charge is 0.394 e. The summed E-state index contributed by atoms with van der Waals surface area (Å²) in [7, 11) is 0. The topological polar surface area (TPSA) is 35.5 Å². The molecular weight excluding hydrogens is 236 g/mol. The summed E-state index contributed by atoms with van der Waals surface area (Å²) in [6.07, 6.45) is 6.18. The van der Waals surface area contributed by atoms with E-state index in [2.05, 4.69) is 31.0 Å². The van der Waals surface area contributed by atoms with Crippen LogP contribution in [-0.4, -0.2) is 48.3 Å². The third kappa shape index (κ3) is 3.14. The van der Waals surface area contributed by atoms with Crippen molar-refractivity contribution in [3.05, 3.63) is 0 Å². The first-order valence-corrected chi connectivity index (χ1v) is 8.11. The Hall–Kier alpha value is -0.120. The number of hydrogen-bond acceptors (Lipinski definition) is 3. The molecule has 19 heavy (non-hydrogen) atoms. The number of piperazine rings is 1. The van der Waals surface area contributed by atoms with Crippen LogP contribution < -0.4 is 5.32 Å². The molecule has 112 valence electrons. The average Bonchev–Trinajstić information content (AvgIpc) is 2.48. The van der Waals surface area contributed by atoms with Gasteiger partial charge in [0.25, 0.3) is 0 Å². The standard InChI is InChI=1S/C16H32N2O/c1-4-15(2,3)14-5-7-16(13-19,8-6-14)18-11-9-17-10-12-18/h14,17,19H,4-13H2,1-3H3. The molecule has 2 fully saturated rings. The van der Waals surface area contributed by atoms with Gasteiger partial charge in [-0.05, 0) is 37.0 Å². The van der Waals surface area contributed by atoms with Crippen LogP contribution in [0.25, 0.3) is 0 Å². The molecule has 1 saturated heterocycles. The molecule has 1 aliphatic carbocycles. The highest BCUT2D eigenvalue weighted by Crippen LogP contribution is 2.45. The van der Waals surface area contributed by atoms with Crippen LogP contribution in [0.4, 0.5) is 0 Å². The molecule has 0 spiro atoms. The summed E-state index contributed by atoms with van der Waals surface area (Å²) < 4.78 is 0. The molecule has 0 aromatic rings. The van der Waals surface area contributed by atoms with E-state index >= 15 is 0 Å². The second-order valence-electron chi connectivity index (χ2n) is 7.24. The van der Waals surface area contributed by atoms with Gasteiger partial charge in [0.05, 0.1) is 6.61 Å². The Morgan fingerprint density at radius 2 is 1.79 bits per heavy atom. The summed E-state index contributed by atoms with van der Waals surface area (Å²) in [5, 5.41) is 13.4. The second-order valence-corrected chi connectivity index (χ2v) is 7.24. The van der Waals surface area contributed by atoms with Gasteiger partial charge in [-0.15, -0.1) is 0 Å². The van der Waals surface area contributed by atoms with Crippen molar-refractivity contribution in [1.29, 1.82) is 0 Å². The molecule has 0 radical (unpaired) electrons. The van der Waals surface area contributed by atoms with Crippen molar-refractivity contribution in [2.45, 2.75) is 58.4 Å². The van der Waals surface area contributed by atoms with Crippen molar-refractivity contribution in [2.75, 3.05) is 32.8 Å². The van der Waals surface area contributed by atoms with Crippen molar-refractivity contribution in [3.8, 4) is 0 Å². The van der Waals surface area contributed by atoms with Crippen LogP contribution in [0.5, 0.6) is 0 Å². The van der Waals surface area contributed by atoms with Gasteiger partial charge in [0.15, 0.2) is 0 Å². The van der Waals surface area contributed by atoms with E-state index in [1.165, 1.54) is 32.1 Å². The summed E-state index contributed by atoms with van der Waals surface area (Å²) >= 11 is 0. The summed E-state index contributed by atoms with van der Waals surface area (Å²) in [5.74, 6) is 0.833. The third-order valence-corrected chi connectivity index (χ3v) is 6.01. The minimum Gasteiger partial charge on any atom is -0.394 e. The summed E-state index contributed by atoms with van der Waals surface area (Å²) in [4.78, 5) is 2.55. The Morgan fingerprint density at radius 1 is 1.21 bits per heavy atom. The summed E-state index contributed by atoms with van der Waals surface area (Å²) in [6, 6.07) is 0. The normalized spacial score (nSPS) is 34.4. The maximum Gasteiger partial charge on any atom is 0.0615 e. The van der Waals surface area contributed by atoms with Crippen molar-refractivity contribution >= 4 is 0 Å². The Balaban J connectivity index is 1.98. The van der Waals surface area contributed by atoms with Gasteiger partial charge in [0.2, 0.25) is 0 Å². The first-order valence-electron chi connectivity index (χ1n) is 8.11. The van der Waals surface area contributed by atoms with Crippen molar-refractivity contribution < 1.29 is 5.11 Å². The Bertz CT molecular complexity index is 276. The lowest BCUT2D eigenvalue weighted by molar-refractivity contribution is -0.0307. The SMILES string of the molecule is CCC(C)(C)C1CCC(CO)(N2CCNCC2)CC1. The van der Waals surface area contributed by atoms with E-state index in [1.54, 1.807) is 0 Å². The van der Waals surface area contributed by atoms with E-state index in [0.717, 1.165) is 32.1 Å². The van der Waals surface area contributed by atoms with Gasteiger partial charge in [-0.1, -0.05) is 27.2 Å². The zero-order chi connectivity index (χ0) is 13.9. The predicted octanol–water partition coefficient (Wildman–Crippen LogP) is 2.25. The Labute approximate surface area is 118 Å². The van der Waals surface area contributed by atoms with Gasteiger partial charge < -0.3 is 10.4 Å². The molecule has 0 amide bonds. The van der Waals surface area contributed by atoms with Gasteiger partial charge in [-0.25, -0.2) is 0 Å². The van der Waals surface area contributed by atoms with Crippen LogP contribution in [-0.2, 0) is 0 Å². The van der Waals surface area contributed by atoms with Crippen LogP contribution in [0.3, 0.4) is 0 Å². The van der Waals surface area contributed by atoms with Crippen LogP contribution in [0.2, 0.25) is 0 Å². The Morgan fingerprint density at radius 3 is 2.26 bits per heavy atom. The molecule has 3 heteroatoms. The second kappa shape index (κ2) is 6.11. The highest BCUT2D eigenvalue weighted by molar-refractivity contribution is 4.98. The maximum atomic E-state index is 9.98. The monoisotopic (exact) mass is 268 g/mol. The molecule has 1 saturated carbocycles. The van der Waals surface area contributed by atoms with Gasteiger partial charge in [0.1, 0.15) is 0 Å². The lowest BCUT2D eigenvalue weighted by atomic mass is 9.65. The smallest absolute Gasteiger partial charge is 0.0615 e. The molecule has 0 aromatic carbocycles. The van der Waals surface area contributed by atoms with Crippen molar-refractivity contribution in [1.82, 2.24) is 10.2 Å². The summed E-state index contributed by atoms with van der Waals surface area (Å²) in [5.41, 5.74) is 0.549. The number of aliphatic hydroxyl groups excluding tert-OH is 1. The molecule has 0 unspecified atom stereocenters. The van der Waals surface area contributed by atoms with Crippen molar-refractivity contribution in [3.63, 3.8) is 0 Å². The van der Waals surface area contributed by atoms with E-state index in [4.69, 9.17) is 0 Å². The van der Waals surface area contributed by atoms with E-state index in [0.29, 0.717) is 12.0 Å². The van der Waals surface area contributed by atoms with Crippen LogP contribution >= 0.6 is 0 Å². The fraction of sp³-hybridized carbons (Fsp3) is 1.00.